The third-order valence-electron chi connectivity index (χ3n) is 6.79. The van der Waals surface area contributed by atoms with E-state index in [4.69, 9.17) is 9.97 Å². The molecule has 8 nitrogen and oxygen atoms in total. The van der Waals surface area contributed by atoms with Gasteiger partial charge in [0.15, 0.2) is 0 Å². The highest BCUT2D eigenvalue weighted by Gasteiger charge is 2.36. The van der Waals surface area contributed by atoms with Crippen molar-refractivity contribution in [2.75, 3.05) is 31.1 Å². The number of nitrogens with one attached hydrogen (secondary N) is 2. The fraction of sp³-hybridized carbons (Fsp3) is 0.200. The summed E-state index contributed by atoms with van der Waals surface area (Å²) in [4.78, 5) is 44.7. The highest BCUT2D eigenvalue weighted by atomic mass is 32.1. The Balaban J connectivity index is 1.45. The first-order valence-electron chi connectivity index (χ1n) is 11.3. The van der Waals surface area contributed by atoms with Gasteiger partial charge in [0.2, 0.25) is 5.95 Å². The Labute approximate surface area is 198 Å². The molecule has 1 aromatic carbocycles. The number of aromatic nitrogens is 3. The van der Waals surface area contributed by atoms with Crippen molar-refractivity contribution in [3.8, 4) is 0 Å². The van der Waals surface area contributed by atoms with Crippen molar-refractivity contribution in [3.63, 3.8) is 0 Å². The number of thiophene rings is 1. The lowest BCUT2D eigenvalue weighted by atomic mass is 9.97. The first-order valence-corrected chi connectivity index (χ1v) is 12.2. The van der Waals surface area contributed by atoms with Gasteiger partial charge in [-0.15, -0.1) is 11.3 Å². The summed E-state index contributed by atoms with van der Waals surface area (Å²) in [5.41, 5.74) is 3.91. The van der Waals surface area contributed by atoms with E-state index in [1.54, 1.807) is 17.5 Å². The fourth-order valence-corrected chi connectivity index (χ4v) is 5.93. The van der Waals surface area contributed by atoms with Crippen molar-refractivity contribution in [3.05, 3.63) is 64.9 Å². The quantitative estimate of drug-likeness (QED) is 0.449. The zero-order valence-electron chi connectivity index (χ0n) is 18.2. The largest absolute Gasteiger partial charge is 0.372 e. The zero-order valence-corrected chi connectivity index (χ0v) is 19.0. The molecule has 0 bridgehead atoms. The minimum Gasteiger partial charge on any atom is -0.372 e. The maximum absolute atomic E-state index is 13.2. The van der Waals surface area contributed by atoms with Gasteiger partial charge in [0.1, 0.15) is 4.83 Å². The van der Waals surface area contributed by atoms with E-state index in [-0.39, 0.29) is 0 Å². The maximum atomic E-state index is 13.2. The minimum absolute atomic E-state index is 0.302. The van der Waals surface area contributed by atoms with Crippen LogP contribution in [0.3, 0.4) is 0 Å². The number of carbonyl (C=O) groups excluding carboxylic acids is 2. The number of amides is 2. The fourth-order valence-electron chi connectivity index (χ4n) is 5.16. The molecule has 1 saturated heterocycles. The molecule has 3 aliphatic rings. The molecule has 2 N–H and O–H groups in total. The van der Waals surface area contributed by atoms with Crippen LogP contribution in [0, 0.1) is 0 Å². The molecule has 0 spiro atoms. The van der Waals surface area contributed by atoms with Gasteiger partial charge in [-0.1, -0.05) is 24.3 Å². The average Bonchev–Trinajstić information content (AvgIpc) is 3.62. The van der Waals surface area contributed by atoms with Gasteiger partial charge in [-0.25, -0.2) is 9.97 Å². The van der Waals surface area contributed by atoms with Crippen LogP contribution in [0.25, 0.3) is 32.3 Å². The lowest BCUT2D eigenvalue weighted by Gasteiger charge is -2.35. The predicted molar refractivity (Wildman–Crippen MR) is 132 cm³/mol. The lowest BCUT2D eigenvalue weighted by Crippen LogP contribution is -2.44. The second-order valence-electron chi connectivity index (χ2n) is 8.68. The number of hydrogen-bond donors (Lipinski definition) is 2. The second kappa shape index (κ2) is 7.26. The van der Waals surface area contributed by atoms with E-state index in [2.05, 4.69) is 26.2 Å². The second-order valence-corrected chi connectivity index (χ2v) is 9.60. The summed E-state index contributed by atoms with van der Waals surface area (Å²) < 4.78 is 0. The zero-order chi connectivity index (χ0) is 22.8. The Kier molecular flexibility index (Phi) is 4.16. The number of fused-ring (bicyclic) bond motifs is 3. The smallest absolute Gasteiger partial charge is 0.261 e. The van der Waals surface area contributed by atoms with Crippen LogP contribution in [0.1, 0.15) is 17.7 Å². The third-order valence-corrected chi connectivity index (χ3v) is 7.64. The van der Waals surface area contributed by atoms with Crippen molar-refractivity contribution >= 4 is 61.4 Å². The Hall–Kier alpha value is -3.98. The van der Waals surface area contributed by atoms with E-state index in [1.807, 2.05) is 35.7 Å². The predicted octanol–water partition coefficient (Wildman–Crippen LogP) is 3.15. The topological polar surface area (TPSA) is 94.2 Å². The van der Waals surface area contributed by atoms with Gasteiger partial charge >= 0.3 is 0 Å². The van der Waals surface area contributed by atoms with E-state index in [0.29, 0.717) is 28.4 Å². The number of rotatable bonds is 3. The molecule has 9 heteroatoms. The normalized spacial score (nSPS) is 18.3. The molecule has 3 aromatic heterocycles. The molecule has 0 unspecified atom stereocenters. The molecule has 2 amide bonds. The summed E-state index contributed by atoms with van der Waals surface area (Å²) in [6.45, 7) is 3.53. The van der Waals surface area contributed by atoms with Gasteiger partial charge in [0.05, 0.1) is 28.9 Å². The molecule has 0 aliphatic carbocycles. The number of hydrogen-bond acceptors (Lipinski definition) is 7. The number of aromatic amines is 1. The minimum atomic E-state index is -0.428. The Bertz CT molecular complexity index is 1580. The van der Waals surface area contributed by atoms with Crippen molar-refractivity contribution in [1.82, 2.24) is 25.2 Å². The first kappa shape index (κ1) is 19.5. The van der Waals surface area contributed by atoms with Crippen LogP contribution in [0.4, 0.5) is 5.95 Å². The van der Waals surface area contributed by atoms with E-state index in [1.165, 1.54) is 5.70 Å². The van der Waals surface area contributed by atoms with Crippen LogP contribution >= 0.6 is 11.3 Å². The number of benzene rings is 1. The molecule has 0 atom stereocenters. The molecule has 3 aliphatic heterocycles. The Morgan fingerprint density at radius 3 is 2.71 bits per heavy atom. The third kappa shape index (κ3) is 2.83. The Morgan fingerprint density at radius 2 is 1.76 bits per heavy atom. The van der Waals surface area contributed by atoms with E-state index >= 15 is 0 Å². The van der Waals surface area contributed by atoms with Gasteiger partial charge < -0.3 is 14.8 Å². The van der Waals surface area contributed by atoms with Crippen LogP contribution in [0.2, 0.25) is 0 Å². The van der Waals surface area contributed by atoms with Crippen molar-refractivity contribution in [2.45, 2.75) is 6.42 Å². The van der Waals surface area contributed by atoms with Crippen molar-refractivity contribution < 1.29 is 9.59 Å². The molecular formula is C25H20N6O2S. The lowest BCUT2D eigenvalue weighted by molar-refractivity contribution is -0.122. The standard InChI is InChI=1S/C25H20N6O2S/c32-22-19(17-12-26-24-15(17)7-11-34-24)20(23(33)29-22)21-16-5-1-2-6-18(16)27-25(28-21)31-10-9-30-8-3-4-14(30)13-31/h1-2,4-7,11-12,26H,3,8-10,13H2,(H,29,32,33). The number of anilines is 1. The number of para-hydroxylation sites is 1. The van der Waals surface area contributed by atoms with E-state index < -0.39 is 11.8 Å². The van der Waals surface area contributed by atoms with Crippen LogP contribution < -0.4 is 10.2 Å². The van der Waals surface area contributed by atoms with Gasteiger partial charge in [0, 0.05) is 47.9 Å². The van der Waals surface area contributed by atoms with Gasteiger partial charge in [0.25, 0.3) is 11.8 Å². The number of nitrogens with zero attached hydrogens (tertiary/aromatic N) is 4. The van der Waals surface area contributed by atoms with E-state index in [0.717, 1.165) is 53.7 Å². The molecule has 168 valence electrons. The summed E-state index contributed by atoms with van der Waals surface area (Å²) in [6.07, 6.45) is 5.14. The van der Waals surface area contributed by atoms with Crippen LogP contribution in [-0.4, -0.2) is 57.8 Å². The molecule has 0 saturated carbocycles. The molecule has 7 rings (SSSR count). The van der Waals surface area contributed by atoms with Crippen molar-refractivity contribution in [1.29, 1.82) is 0 Å². The van der Waals surface area contributed by atoms with Crippen molar-refractivity contribution in [2.24, 2.45) is 0 Å². The molecule has 4 aromatic rings. The summed E-state index contributed by atoms with van der Waals surface area (Å²) in [6, 6.07) is 9.63. The molecular weight excluding hydrogens is 448 g/mol. The summed E-state index contributed by atoms with van der Waals surface area (Å²) in [7, 11) is 0. The van der Waals surface area contributed by atoms with Gasteiger partial charge in [-0.2, -0.15) is 0 Å². The van der Waals surface area contributed by atoms with E-state index in [9.17, 15) is 9.59 Å². The molecule has 0 radical (unpaired) electrons. The monoisotopic (exact) mass is 468 g/mol. The highest BCUT2D eigenvalue weighted by molar-refractivity contribution is 7.16. The van der Waals surface area contributed by atoms with Crippen LogP contribution in [0.15, 0.2) is 53.7 Å². The molecule has 6 heterocycles. The SMILES string of the molecule is O=C1NC(=O)C(c2c[nH]c3sccc23)=C1c1nc(N2CCN3CCC=C3C2)nc2ccccc12. The number of H-pyrrole nitrogens is 1. The Morgan fingerprint density at radius 1 is 0.912 bits per heavy atom. The van der Waals surface area contributed by atoms with Gasteiger partial charge in [-0.05, 0) is 23.9 Å². The molecule has 34 heavy (non-hydrogen) atoms. The summed E-state index contributed by atoms with van der Waals surface area (Å²) in [5.74, 6) is -0.251. The summed E-state index contributed by atoms with van der Waals surface area (Å²) >= 11 is 1.56. The number of imide groups is 1. The number of carbonyl (C=O) groups is 2. The average molecular weight is 469 g/mol. The van der Waals surface area contributed by atoms with Gasteiger partial charge in [-0.3, -0.25) is 14.9 Å². The van der Waals surface area contributed by atoms with Crippen LogP contribution in [0.5, 0.6) is 0 Å². The number of piperazine rings is 1. The van der Waals surface area contributed by atoms with Crippen LogP contribution in [-0.2, 0) is 9.59 Å². The first-order chi connectivity index (χ1) is 16.7. The molecule has 1 fully saturated rings. The summed E-state index contributed by atoms with van der Waals surface area (Å²) in [5, 5.41) is 6.14. The maximum Gasteiger partial charge on any atom is 0.261 e. The highest BCUT2D eigenvalue weighted by Crippen LogP contribution is 2.38.